The normalized spacial score (nSPS) is 26.2. The second-order valence-electron chi connectivity index (χ2n) is 7.34. The molecule has 0 saturated heterocycles. The van der Waals surface area contributed by atoms with Crippen molar-refractivity contribution in [3.05, 3.63) is 17.2 Å². The Hall–Kier alpha value is -0.830. The van der Waals surface area contributed by atoms with Crippen LogP contribution in [0, 0.1) is 17.8 Å². The van der Waals surface area contributed by atoms with Gasteiger partial charge in [0.25, 0.3) is 0 Å². The van der Waals surface area contributed by atoms with E-state index in [1.165, 1.54) is 43.0 Å². The number of aromatic nitrogens is 2. The first kappa shape index (κ1) is 14.1. The van der Waals surface area contributed by atoms with Crippen molar-refractivity contribution in [2.45, 2.75) is 66.0 Å². The number of hydrogen-bond donors (Lipinski definition) is 1. The smallest absolute Gasteiger partial charge is 0.109 e. The molecule has 1 aromatic rings. The van der Waals surface area contributed by atoms with Crippen LogP contribution in [-0.2, 0) is 25.9 Å². The summed E-state index contributed by atoms with van der Waals surface area (Å²) in [5.41, 5.74) is 2.84. The van der Waals surface area contributed by atoms with Gasteiger partial charge in [-0.15, -0.1) is 0 Å². The van der Waals surface area contributed by atoms with Crippen molar-refractivity contribution in [3.8, 4) is 0 Å². The van der Waals surface area contributed by atoms with Crippen LogP contribution < -0.4 is 5.32 Å². The highest BCUT2D eigenvalue weighted by Crippen LogP contribution is 2.32. The summed E-state index contributed by atoms with van der Waals surface area (Å²) < 4.78 is 2.60. The Kier molecular flexibility index (Phi) is 4.16. The summed E-state index contributed by atoms with van der Waals surface area (Å²) in [5.74, 6) is 3.83. The molecule has 2 atom stereocenters. The molecule has 112 valence electrons. The van der Waals surface area contributed by atoms with Crippen molar-refractivity contribution in [2.24, 2.45) is 17.8 Å². The molecule has 2 heterocycles. The van der Waals surface area contributed by atoms with Crippen molar-refractivity contribution in [2.75, 3.05) is 6.54 Å². The molecule has 1 aromatic heterocycles. The maximum atomic E-state index is 4.95. The van der Waals surface area contributed by atoms with Gasteiger partial charge in [-0.25, -0.2) is 4.98 Å². The molecule has 1 saturated carbocycles. The highest BCUT2D eigenvalue weighted by atomic mass is 15.1. The van der Waals surface area contributed by atoms with E-state index in [-0.39, 0.29) is 0 Å². The topological polar surface area (TPSA) is 29.9 Å². The Balaban J connectivity index is 1.84. The number of hydrogen-bond acceptors (Lipinski definition) is 2. The molecule has 1 aliphatic carbocycles. The molecular weight excluding hydrogens is 246 g/mol. The zero-order valence-corrected chi connectivity index (χ0v) is 13.3. The number of rotatable bonds is 4. The van der Waals surface area contributed by atoms with Crippen LogP contribution in [0.25, 0.3) is 0 Å². The Morgan fingerprint density at radius 3 is 2.90 bits per heavy atom. The van der Waals surface area contributed by atoms with Crippen molar-refractivity contribution in [3.63, 3.8) is 0 Å². The molecule has 3 rings (SSSR count). The maximum absolute atomic E-state index is 4.95. The number of fused-ring (bicyclic) bond motifs is 1. The lowest BCUT2D eigenvalue weighted by Gasteiger charge is -2.19. The zero-order valence-electron chi connectivity index (χ0n) is 13.3. The highest BCUT2D eigenvalue weighted by Gasteiger charge is 2.26. The molecule has 3 heteroatoms. The van der Waals surface area contributed by atoms with Gasteiger partial charge in [0.2, 0.25) is 0 Å². The third kappa shape index (κ3) is 2.93. The predicted octanol–water partition coefficient (Wildman–Crippen LogP) is 3.16. The summed E-state index contributed by atoms with van der Waals surface area (Å²) in [5, 5.41) is 3.46. The molecule has 20 heavy (non-hydrogen) atoms. The molecule has 0 amide bonds. The maximum Gasteiger partial charge on any atom is 0.109 e. The third-order valence-corrected chi connectivity index (χ3v) is 4.90. The van der Waals surface area contributed by atoms with E-state index < -0.39 is 0 Å². The van der Waals surface area contributed by atoms with Gasteiger partial charge in [0.05, 0.1) is 5.69 Å². The van der Waals surface area contributed by atoms with E-state index in [1.807, 2.05) is 0 Å². The number of nitrogens with one attached hydrogen (secondary N) is 1. The fourth-order valence-corrected chi connectivity index (χ4v) is 3.91. The Bertz CT molecular complexity index is 461. The molecule has 0 aromatic carbocycles. The Morgan fingerprint density at radius 1 is 1.35 bits per heavy atom. The van der Waals surface area contributed by atoms with Gasteiger partial charge in [-0.05, 0) is 30.6 Å². The van der Waals surface area contributed by atoms with Crippen LogP contribution in [0.15, 0.2) is 0 Å². The largest absolute Gasteiger partial charge is 0.331 e. The quantitative estimate of drug-likeness (QED) is 0.914. The minimum Gasteiger partial charge on any atom is -0.331 e. The fraction of sp³-hybridized carbons (Fsp3) is 0.824. The summed E-state index contributed by atoms with van der Waals surface area (Å²) >= 11 is 0. The van der Waals surface area contributed by atoms with Gasteiger partial charge in [-0.1, -0.05) is 27.2 Å². The lowest BCUT2D eigenvalue weighted by atomic mass is 10.0. The summed E-state index contributed by atoms with van der Waals surface area (Å²) in [6.07, 6.45) is 6.51. The average Bonchev–Trinajstić information content (AvgIpc) is 2.95. The molecule has 0 spiro atoms. The predicted molar refractivity (Wildman–Crippen MR) is 82.7 cm³/mol. The van der Waals surface area contributed by atoms with Gasteiger partial charge >= 0.3 is 0 Å². The summed E-state index contributed by atoms with van der Waals surface area (Å²) in [4.78, 5) is 4.95. The Labute approximate surface area is 123 Å². The van der Waals surface area contributed by atoms with Gasteiger partial charge < -0.3 is 9.88 Å². The van der Waals surface area contributed by atoms with E-state index >= 15 is 0 Å². The highest BCUT2D eigenvalue weighted by molar-refractivity contribution is 5.20. The van der Waals surface area contributed by atoms with E-state index in [2.05, 4.69) is 30.7 Å². The van der Waals surface area contributed by atoms with Crippen molar-refractivity contribution >= 4 is 0 Å². The van der Waals surface area contributed by atoms with Gasteiger partial charge in [-0.2, -0.15) is 0 Å². The summed E-state index contributed by atoms with van der Waals surface area (Å²) in [6.45, 7) is 10.3. The van der Waals surface area contributed by atoms with Crippen molar-refractivity contribution in [1.82, 2.24) is 14.9 Å². The van der Waals surface area contributed by atoms with E-state index in [4.69, 9.17) is 4.98 Å². The molecule has 0 radical (unpaired) electrons. The van der Waals surface area contributed by atoms with Crippen LogP contribution in [-0.4, -0.2) is 16.1 Å². The number of nitrogens with zero attached hydrogens (tertiary/aromatic N) is 2. The third-order valence-electron chi connectivity index (χ3n) is 4.90. The van der Waals surface area contributed by atoms with Crippen LogP contribution in [0.3, 0.4) is 0 Å². The van der Waals surface area contributed by atoms with E-state index in [0.717, 1.165) is 37.8 Å². The molecule has 1 fully saturated rings. The van der Waals surface area contributed by atoms with E-state index in [9.17, 15) is 0 Å². The molecule has 2 aliphatic rings. The van der Waals surface area contributed by atoms with Gasteiger partial charge in [0.1, 0.15) is 5.82 Å². The molecule has 0 bridgehead atoms. The van der Waals surface area contributed by atoms with Gasteiger partial charge in [0, 0.05) is 38.2 Å². The SMILES string of the molecule is CC(C)Cc1nc2c(n1CC1CCC(C)C1)CCNC2. The standard InChI is InChI=1S/C17H29N3/c1-12(2)8-17-19-15-10-18-7-6-16(15)20(17)11-14-5-4-13(3)9-14/h12-14,18H,4-11H2,1-3H3. The minimum atomic E-state index is 0.688. The van der Waals surface area contributed by atoms with Crippen LogP contribution in [0.5, 0.6) is 0 Å². The first-order valence-corrected chi connectivity index (χ1v) is 8.41. The summed E-state index contributed by atoms with van der Waals surface area (Å²) in [6, 6.07) is 0. The monoisotopic (exact) mass is 275 g/mol. The lowest BCUT2D eigenvalue weighted by Crippen LogP contribution is -2.25. The minimum absolute atomic E-state index is 0.688. The molecule has 1 N–H and O–H groups in total. The first-order valence-electron chi connectivity index (χ1n) is 8.41. The lowest BCUT2D eigenvalue weighted by molar-refractivity contribution is 0.416. The second-order valence-corrected chi connectivity index (χ2v) is 7.34. The van der Waals surface area contributed by atoms with Crippen LogP contribution in [0.1, 0.15) is 57.2 Å². The van der Waals surface area contributed by atoms with Crippen LogP contribution in [0.2, 0.25) is 0 Å². The van der Waals surface area contributed by atoms with Gasteiger partial charge in [0.15, 0.2) is 0 Å². The average molecular weight is 275 g/mol. The van der Waals surface area contributed by atoms with Crippen LogP contribution >= 0.6 is 0 Å². The molecule has 1 aliphatic heterocycles. The fourth-order valence-electron chi connectivity index (χ4n) is 3.91. The molecular formula is C17H29N3. The van der Waals surface area contributed by atoms with E-state index in [0.29, 0.717) is 5.92 Å². The summed E-state index contributed by atoms with van der Waals surface area (Å²) in [7, 11) is 0. The van der Waals surface area contributed by atoms with Gasteiger partial charge in [-0.3, -0.25) is 0 Å². The zero-order chi connectivity index (χ0) is 14.1. The second kappa shape index (κ2) is 5.88. The first-order chi connectivity index (χ1) is 9.63. The van der Waals surface area contributed by atoms with E-state index in [1.54, 1.807) is 0 Å². The van der Waals surface area contributed by atoms with Crippen LogP contribution in [0.4, 0.5) is 0 Å². The van der Waals surface area contributed by atoms with Crippen molar-refractivity contribution in [1.29, 1.82) is 0 Å². The number of imidazole rings is 1. The molecule has 2 unspecified atom stereocenters. The molecule has 3 nitrogen and oxygen atoms in total. The Morgan fingerprint density at radius 2 is 2.20 bits per heavy atom. The van der Waals surface area contributed by atoms with Crippen molar-refractivity contribution < 1.29 is 0 Å².